The number of benzene rings is 2. The van der Waals surface area contributed by atoms with Crippen LogP contribution in [0.15, 0.2) is 59.3 Å². The fourth-order valence-electron chi connectivity index (χ4n) is 4.46. The average molecular weight is 421 g/mol. The van der Waals surface area contributed by atoms with Gasteiger partial charge in [0.25, 0.3) is 0 Å². The Morgan fingerprint density at radius 2 is 1.84 bits per heavy atom. The van der Waals surface area contributed by atoms with Crippen molar-refractivity contribution in [2.45, 2.75) is 32.7 Å². The number of allylic oxidation sites excluding steroid dienone is 1. The van der Waals surface area contributed by atoms with Crippen LogP contribution in [0, 0.1) is 5.92 Å². The maximum absolute atomic E-state index is 12.1. The van der Waals surface area contributed by atoms with Crippen molar-refractivity contribution in [1.29, 1.82) is 0 Å². The summed E-state index contributed by atoms with van der Waals surface area (Å²) >= 11 is 0. The van der Waals surface area contributed by atoms with E-state index >= 15 is 0 Å². The summed E-state index contributed by atoms with van der Waals surface area (Å²) in [6.45, 7) is 4.05. The van der Waals surface area contributed by atoms with Gasteiger partial charge in [0, 0.05) is 23.3 Å². The lowest BCUT2D eigenvalue weighted by Gasteiger charge is -2.31. The third kappa shape index (κ3) is 4.02. The summed E-state index contributed by atoms with van der Waals surface area (Å²) in [7, 11) is 3.34. The van der Waals surface area contributed by atoms with Crippen molar-refractivity contribution >= 4 is 11.7 Å². The maximum Gasteiger partial charge on any atom is 0.332 e. The number of nitrogens with zero attached hydrogens (tertiary/aromatic N) is 2. The van der Waals surface area contributed by atoms with Gasteiger partial charge in [0.1, 0.15) is 11.5 Å². The molecule has 4 rings (SSSR count). The number of aryl methyl sites for hydroxylation is 1. The lowest BCUT2D eigenvalue weighted by molar-refractivity contribution is -0.137. The van der Waals surface area contributed by atoms with E-state index < -0.39 is 0 Å². The summed E-state index contributed by atoms with van der Waals surface area (Å²) in [5.74, 6) is 1.48. The zero-order valence-electron chi connectivity index (χ0n) is 18.4. The number of methoxy groups -OCH3 is 2. The van der Waals surface area contributed by atoms with Crippen LogP contribution in [0.25, 0.3) is 0 Å². The first kappa shape index (κ1) is 21.0. The number of esters is 1. The van der Waals surface area contributed by atoms with Crippen LogP contribution in [-0.2, 0) is 16.0 Å². The number of carbonyl (C=O) groups is 1. The molecule has 0 fully saturated rings. The summed E-state index contributed by atoms with van der Waals surface area (Å²) in [4.78, 5) is 12.1. The molecule has 1 heterocycles. The second kappa shape index (κ2) is 8.84. The molecule has 0 unspecified atom stereocenters. The standard InChI is InChI=1S/C25H28N2O4/c1-5-31-23(28)14-16(2)27-25(18-7-10-19(29-3)11-8-18)21-13-9-17-6-12-20(30-4)15-22(17)24(21)26-27/h6-8,10-12,14-15,21,25H,5,9,13H2,1-4H3/b16-14+/t21-,25+/m1/s1. The molecule has 2 aliphatic rings. The smallest absolute Gasteiger partial charge is 0.332 e. The van der Waals surface area contributed by atoms with E-state index in [2.05, 4.69) is 24.3 Å². The van der Waals surface area contributed by atoms with Crippen molar-refractivity contribution in [3.05, 3.63) is 70.9 Å². The summed E-state index contributed by atoms with van der Waals surface area (Å²) in [5.41, 5.74) is 5.33. The normalized spacial score (nSPS) is 19.9. The van der Waals surface area contributed by atoms with Crippen LogP contribution in [0.3, 0.4) is 0 Å². The number of hydrogen-bond acceptors (Lipinski definition) is 6. The Morgan fingerprint density at radius 1 is 1.13 bits per heavy atom. The minimum absolute atomic E-state index is 0.00839. The van der Waals surface area contributed by atoms with Crippen molar-refractivity contribution in [3.8, 4) is 11.5 Å². The molecule has 1 aliphatic carbocycles. The van der Waals surface area contributed by atoms with Gasteiger partial charge in [0.2, 0.25) is 0 Å². The third-order valence-electron chi connectivity index (χ3n) is 5.96. The van der Waals surface area contributed by atoms with E-state index in [-0.39, 0.29) is 17.9 Å². The highest BCUT2D eigenvalue weighted by atomic mass is 16.5. The van der Waals surface area contributed by atoms with Gasteiger partial charge in [-0.1, -0.05) is 18.2 Å². The maximum atomic E-state index is 12.1. The number of fused-ring (bicyclic) bond motifs is 3. The molecule has 0 saturated heterocycles. The summed E-state index contributed by atoms with van der Waals surface area (Å²) in [6, 6.07) is 14.3. The Kier molecular flexibility index (Phi) is 5.98. The highest BCUT2D eigenvalue weighted by Gasteiger charge is 2.42. The Labute approximate surface area is 183 Å². The Balaban J connectivity index is 1.78. The SMILES string of the molecule is CCOC(=O)/C=C(\C)N1N=C2c3cc(OC)ccc3CC[C@H]2[C@@H]1c1ccc(OC)cc1. The molecule has 2 atom stereocenters. The molecule has 0 aromatic heterocycles. The predicted octanol–water partition coefficient (Wildman–Crippen LogP) is 4.49. The Morgan fingerprint density at radius 3 is 2.52 bits per heavy atom. The molecule has 0 amide bonds. The molecule has 0 radical (unpaired) electrons. The summed E-state index contributed by atoms with van der Waals surface area (Å²) in [6.07, 6.45) is 3.48. The van der Waals surface area contributed by atoms with Crippen molar-refractivity contribution in [3.63, 3.8) is 0 Å². The number of hydrazone groups is 1. The molecule has 1 aliphatic heterocycles. The van der Waals surface area contributed by atoms with E-state index in [1.807, 2.05) is 30.1 Å². The monoisotopic (exact) mass is 420 g/mol. The van der Waals surface area contributed by atoms with Gasteiger partial charge in [-0.25, -0.2) is 4.79 Å². The molecule has 162 valence electrons. The van der Waals surface area contributed by atoms with Crippen LogP contribution < -0.4 is 9.47 Å². The van der Waals surface area contributed by atoms with Crippen molar-refractivity contribution < 1.29 is 19.0 Å². The zero-order chi connectivity index (χ0) is 22.0. The number of hydrogen-bond donors (Lipinski definition) is 0. The molecular weight excluding hydrogens is 392 g/mol. The minimum Gasteiger partial charge on any atom is -0.497 e. The van der Waals surface area contributed by atoms with E-state index in [0.29, 0.717) is 6.61 Å². The summed E-state index contributed by atoms with van der Waals surface area (Å²) < 4.78 is 15.9. The van der Waals surface area contributed by atoms with Gasteiger partial charge in [-0.05, 0) is 62.1 Å². The first-order chi connectivity index (χ1) is 15.0. The first-order valence-electron chi connectivity index (χ1n) is 10.6. The molecule has 2 aromatic carbocycles. The molecule has 2 aromatic rings. The summed E-state index contributed by atoms with van der Waals surface area (Å²) in [5, 5.41) is 6.99. The van der Waals surface area contributed by atoms with E-state index in [9.17, 15) is 4.79 Å². The second-order valence-electron chi connectivity index (χ2n) is 7.75. The molecule has 0 saturated carbocycles. The van der Waals surface area contributed by atoms with Gasteiger partial charge in [-0.15, -0.1) is 0 Å². The zero-order valence-corrected chi connectivity index (χ0v) is 18.4. The van der Waals surface area contributed by atoms with E-state index in [1.165, 1.54) is 11.6 Å². The molecule has 6 nitrogen and oxygen atoms in total. The molecule has 0 bridgehead atoms. The molecular formula is C25H28N2O4. The van der Waals surface area contributed by atoms with E-state index in [4.69, 9.17) is 19.3 Å². The van der Waals surface area contributed by atoms with Gasteiger partial charge in [0.15, 0.2) is 0 Å². The molecule has 0 spiro atoms. The van der Waals surface area contributed by atoms with Crippen molar-refractivity contribution in [1.82, 2.24) is 5.01 Å². The van der Waals surface area contributed by atoms with Crippen molar-refractivity contribution in [2.75, 3.05) is 20.8 Å². The average Bonchev–Trinajstić information content (AvgIpc) is 3.19. The minimum atomic E-state index is -0.356. The van der Waals surface area contributed by atoms with Crippen LogP contribution in [0.4, 0.5) is 0 Å². The lowest BCUT2D eigenvalue weighted by Crippen LogP contribution is -2.28. The van der Waals surface area contributed by atoms with Gasteiger partial charge < -0.3 is 14.2 Å². The van der Waals surface area contributed by atoms with Gasteiger partial charge in [0.05, 0.1) is 32.6 Å². The van der Waals surface area contributed by atoms with Gasteiger partial charge in [-0.2, -0.15) is 5.10 Å². The quantitative estimate of drug-likeness (QED) is 0.509. The van der Waals surface area contributed by atoms with Crippen LogP contribution in [0.1, 0.15) is 43.0 Å². The van der Waals surface area contributed by atoms with E-state index in [0.717, 1.165) is 46.9 Å². The topological polar surface area (TPSA) is 60.4 Å². The highest BCUT2D eigenvalue weighted by Crippen LogP contribution is 2.45. The predicted molar refractivity (Wildman–Crippen MR) is 119 cm³/mol. The van der Waals surface area contributed by atoms with Crippen molar-refractivity contribution in [2.24, 2.45) is 11.0 Å². The Hall–Kier alpha value is -3.28. The van der Waals surface area contributed by atoms with E-state index in [1.54, 1.807) is 21.1 Å². The third-order valence-corrected chi connectivity index (χ3v) is 5.96. The van der Waals surface area contributed by atoms with Crippen LogP contribution in [0.5, 0.6) is 11.5 Å². The first-order valence-corrected chi connectivity index (χ1v) is 10.6. The van der Waals surface area contributed by atoms with Gasteiger partial charge >= 0.3 is 5.97 Å². The largest absolute Gasteiger partial charge is 0.497 e. The number of carbonyl (C=O) groups excluding carboxylic acids is 1. The van der Waals surface area contributed by atoms with Crippen LogP contribution >= 0.6 is 0 Å². The highest BCUT2D eigenvalue weighted by molar-refractivity contribution is 6.06. The van der Waals surface area contributed by atoms with Crippen LogP contribution in [0.2, 0.25) is 0 Å². The number of ether oxygens (including phenoxy) is 3. The molecule has 31 heavy (non-hydrogen) atoms. The fraction of sp³-hybridized carbons (Fsp3) is 0.360. The molecule has 6 heteroatoms. The lowest BCUT2D eigenvalue weighted by atomic mass is 9.77. The second-order valence-corrected chi connectivity index (χ2v) is 7.75. The molecule has 0 N–H and O–H groups in total. The Bertz CT molecular complexity index is 1030. The van der Waals surface area contributed by atoms with Crippen LogP contribution in [-0.4, -0.2) is 37.5 Å². The fourth-order valence-corrected chi connectivity index (χ4v) is 4.46. The van der Waals surface area contributed by atoms with Gasteiger partial charge in [-0.3, -0.25) is 5.01 Å². The number of rotatable bonds is 6.